The monoisotopic (exact) mass is 370 g/mol. The molecular formula is C22H30N2O3. The third-order valence-corrected chi connectivity index (χ3v) is 5.19. The van der Waals surface area contributed by atoms with E-state index in [1.165, 1.54) is 12.0 Å². The average Bonchev–Trinajstić information content (AvgIpc) is 2.71. The van der Waals surface area contributed by atoms with E-state index in [1.807, 2.05) is 12.1 Å². The second kappa shape index (κ2) is 9.62. The van der Waals surface area contributed by atoms with Gasteiger partial charge in [-0.3, -0.25) is 4.90 Å². The summed E-state index contributed by atoms with van der Waals surface area (Å²) in [5.41, 5.74) is 2.52. The third kappa shape index (κ3) is 5.37. The van der Waals surface area contributed by atoms with Gasteiger partial charge >= 0.3 is 0 Å². The number of phenols is 1. The molecule has 5 nitrogen and oxygen atoms in total. The Morgan fingerprint density at radius 1 is 0.852 bits per heavy atom. The molecule has 1 fully saturated rings. The SMILES string of the molecule is COc1cc(CN2CCN(CCCc3ccccc3)CC2)cc(OC)c1O. The Kier molecular flexibility index (Phi) is 6.96. The van der Waals surface area contributed by atoms with Gasteiger partial charge in [-0.1, -0.05) is 30.3 Å². The predicted octanol–water partition coefficient (Wildman–Crippen LogP) is 3.16. The molecular weight excluding hydrogens is 340 g/mol. The highest BCUT2D eigenvalue weighted by atomic mass is 16.5. The first-order valence-corrected chi connectivity index (χ1v) is 9.62. The number of rotatable bonds is 8. The standard InChI is InChI=1S/C22H30N2O3/c1-26-20-15-19(16-21(27-2)22(20)25)17-24-13-11-23(12-14-24)10-6-9-18-7-4-3-5-8-18/h3-5,7-8,15-16,25H,6,9-14,17H2,1-2H3. The Bertz CT molecular complexity index is 688. The van der Waals surface area contributed by atoms with Crippen molar-refractivity contribution >= 4 is 0 Å². The normalized spacial score (nSPS) is 15.6. The van der Waals surface area contributed by atoms with Crippen molar-refractivity contribution in [2.75, 3.05) is 46.9 Å². The lowest BCUT2D eigenvalue weighted by Crippen LogP contribution is -2.46. The number of piperazine rings is 1. The van der Waals surface area contributed by atoms with Crippen molar-refractivity contribution in [3.63, 3.8) is 0 Å². The topological polar surface area (TPSA) is 45.2 Å². The number of ether oxygens (including phenoxy) is 2. The summed E-state index contributed by atoms with van der Waals surface area (Å²) in [6.07, 6.45) is 2.35. The van der Waals surface area contributed by atoms with Crippen LogP contribution in [0.25, 0.3) is 0 Å². The fourth-order valence-corrected chi connectivity index (χ4v) is 3.62. The van der Waals surface area contributed by atoms with Gasteiger partial charge in [0.25, 0.3) is 0 Å². The van der Waals surface area contributed by atoms with Gasteiger partial charge in [0.15, 0.2) is 11.5 Å². The van der Waals surface area contributed by atoms with Crippen LogP contribution in [0.3, 0.4) is 0 Å². The smallest absolute Gasteiger partial charge is 0.200 e. The van der Waals surface area contributed by atoms with Crippen LogP contribution < -0.4 is 9.47 Å². The van der Waals surface area contributed by atoms with E-state index in [0.29, 0.717) is 11.5 Å². The van der Waals surface area contributed by atoms with Crippen LogP contribution in [0, 0.1) is 0 Å². The van der Waals surface area contributed by atoms with Gasteiger partial charge in [-0.15, -0.1) is 0 Å². The zero-order valence-electron chi connectivity index (χ0n) is 16.4. The van der Waals surface area contributed by atoms with Gasteiger partial charge in [0, 0.05) is 32.7 Å². The summed E-state index contributed by atoms with van der Waals surface area (Å²) in [5, 5.41) is 10.0. The van der Waals surface area contributed by atoms with Crippen LogP contribution in [0.4, 0.5) is 0 Å². The Labute approximate surface area is 162 Å². The number of aryl methyl sites for hydroxylation is 1. The minimum Gasteiger partial charge on any atom is -0.502 e. The maximum Gasteiger partial charge on any atom is 0.200 e. The molecule has 0 spiro atoms. The highest BCUT2D eigenvalue weighted by molar-refractivity contribution is 5.52. The highest BCUT2D eigenvalue weighted by Gasteiger charge is 2.18. The molecule has 27 heavy (non-hydrogen) atoms. The first kappa shape index (κ1) is 19.5. The van der Waals surface area contributed by atoms with Crippen molar-refractivity contribution in [2.24, 2.45) is 0 Å². The summed E-state index contributed by atoms with van der Waals surface area (Å²) in [4.78, 5) is 5.00. The van der Waals surface area contributed by atoms with Crippen molar-refractivity contribution in [1.82, 2.24) is 9.80 Å². The number of hydrogen-bond donors (Lipinski definition) is 1. The highest BCUT2D eigenvalue weighted by Crippen LogP contribution is 2.37. The molecule has 0 amide bonds. The maximum absolute atomic E-state index is 10.0. The van der Waals surface area contributed by atoms with Crippen molar-refractivity contribution in [2.45, 2.75) is 19.4 Å². The van der Waals surface area contributed by atoms with Crippen molar-refractivity contribution in [1.29, 1.82) is 0 Å². The van der Waals surface area contributed by atoms with Crippen LogP contribution in [0.1, 0.15) is 17.5 Å². The van der Waals surface area contributed by atoms with Gasteiger partial charge in [-0.25, -0.2) is 0 Å². The minimum absolute atomic E-state index is 0.0620. The summed E-state index contributed by atoms with van der Waals surface area (Å²) in [6, 6.07) is 14.5. The van der Waals surface area contributed by atoms with E-state index < -0.39 is 0 Å². The second-order valence-corrected chi connectivity index (χ2v) is 7.06. The van der Waals surface area contributed by atoms with Gasteiger partial charge in [0.05, 0.1) is 14.2 Å². The number of aromatic hydroxyl groups is 1. The summed E-state index contributed by atoms with van der Waals surface area (Å²) in [7, 11) is 3.12. The van der Waals surface area contributed by atoms with Crippen molar-refractivity contribution < 1.29 is 14.6 Å². The van der Waals surface area contributed by atoms with Crippen LogP contribution in [0.15, 0.2) is 42.5 Å². The zero-order chi connectivity index (χ0) is 19.1. The summed E-state index contributed by atoms with van der Waals surface area (Å²) < 4.78 is 10.5. The summed E-state index contributed by atoms with van der Waals surface area (Å²) >= 11 is 0. The van der Waals surface area contributed by atoms with Crippen molar-refractivity contribution in [3.05, 3.63) is 53.6 Å². The lowest BCUT2D eigenvalue weighted by atomic mass is 10.1. The molecule has 1 saturated heterocycles. The molecule has 0 atom stereocenters. The second-order valence-electron chi connectivity index (χ2n) is 7.06. The molecule has 1 heterocycles. The molecule has 5 heteroatoms. The molecule has 0 aliphatic carbocycles. The number of methoxy groups -OCH3 is 2. The molecule has 0 saturated carbocycles. The molecule has 146 valence electrons. The van der Waals surface area contributed by atoms with Crippen LogP contribution in [-0.4, -0.2) is 61.8 Å². The molecule has 3 rings (SSSR count). The Hall–Kier alpha value is -2.24. The fourth-order valence-electron chi connectivity index (χ4n) is 3.62. The van der Waals surface area contributed by atoms with Crippen LogP contribution in [-0.2, 0) is 13.0 Å². The van der Waals surface area contributed by atoms with E-state index in [4.69, 9.17) is 9.47 Å². The van der Waals surface area contributed by atoms with E-state index >= 15 is 0 Å². The van der Waals surface area contributed by atoms with Gasteiger partial charge in [-0.2, -0.15) is 0 Å². The molecule has 0 radical (unpaired) electrons. The molecule has 1 aliphatic heterocycles. The summed E-state index contributed by atoms with van der Waals surface area (Å²) in [5.74, 6) is 0.986. The van der Waals surface area contributed by atoms with Gasteiger partial charge < -0.3 is 19.5 Å². The van der Waals surface area contributed by atoms with Gasteiger partial charge in [0.1, 0.15) is 0 Å². The quantitative estimate of drug-likeness (QED) is 0.773. The van der Waals surface area contributed by atoms with E-state index in [9.17, 15) is 5.11 Å². The lowest BCUT2D eigenvalue weighted by Gasteiger charge is -2.34. The van der Waals surface area contributed by atoms with Crippen molar-refractivity contribution in [3.8, 4) is 17.2 Å². The largest absolute Gasteiger partial charge is 0.502 e. The minimum atomic E-state index is 0.0620. The molecule has 1 N–H and O–H groups in total. The summed E-state index contributed by atoms with van der Waals surface area (Å²) in [6.45, 7) is 6.30. The molecule has 2 aromatic rings. The van der Waals surface area contributed by atoms with E-state index in [0.717, 1.165) is 51.3 Å². The van der Waals surface area contributed by atoms with Crippen LogP contribution in [0.5, 0.6) is 17.2 Å². The number of benzene rings is 2. The third-order valence-electron chi connectivity index (χ3n) is 5.19. The van der Waals surface area contributed by atoms with E-state index in [1.54, 1.807) is 14.2 Å². The Balaban J connectivity index is 1.45. The lowest BCUT2D eigenvalue weighted by molar-refractivity contribution is 0.126. The predicted molar refractivity (Wildman–Crippen MR) is 108 cm³/mol. The first-order chi connectivity index (χ1) is 13.2. The van der Waals surface area contributed by atoms with E-state index in [-0.39, 0.29) is 5.75 Å². The van der Waals surface area contributed by atoms with E-state index in [2.05, 4.69) is 40.1 Å². The van der Waals surface area contributed by atoms with Gasteiger partial charge in [-0.05, 0) is 42.6 Å². The molecule has 2 aromatic carbocycles. The number of nitrogens with zero attached hydrogens (tertiary/aromatic N) is 2. The molecule has 0 aromatic heterocycles. The molecule has 0 bridgehead atoms. The Morgan fingerprint density at radius 2 is 1.44 bits per heavy atom. The number of phenolic OH excluding ortho intramolecular Hbond substituents is 1. The van der Waals surface area contributed by atoms with Crippen LogP contribution in [0.2, 0.25) is 0 Å². The van der Waals surface area contributed by atoms with Gasteiger partial charge in [0.2, 0.25) is 5.75 Å². The number of hydrogen-bond acceptors (Lipinski definition) is 5. The molecule has 1 aliphatic rings. The maximum atomic E-state index is 10.0. The van der Waals surface area contributed by atoms with Crippen LogP contribution >= 0.6 is 0 Å². The average molecular weight is 370 g/mol. The fraction of sp³-hybridized carbons (Fsp3) is 0.455. The Morgan fingerprint density at radius 3 is 2.04 bits per heavy atom. The first-order valence-electron chi connectivity index (χ1n) is 9.62. The molecule has 0 unspecified atom stereocenters. The zero-order valence-corrected chi connectivity index (χ0v) is 16.4.